The fourth-order valence-corrected chi connectivity index (χ4v) is 4.55. The lowest BCUT2D eigenvalue weighted by atomic mass is 9.94. The van der Waals surface area contributed by atoms with E-state index in [4.69, 9.17) is 0 Å². The maximum absolute atomic E-state index is 13.1. The van der Waals surface area contributed by atoms with Crippen LogP contribution in [0.2, 0.25) is 0 Å². The van der Waals surface area contributed by atoms with Crippen LogP contribution in [0.4, 0.5) is 0 Å². The molecule has 152 valence electrons. The quantitative estimate of drug-likeness (QED) is 0.753. The molecule has 1 fully saturated rings. The summed E-state index contributed by atoms with van der Waals surface area (Å²) in [5.74, 6) is 0.246. The van der Waals surface area contributed by atoms with E-state index in [1.165, 1.54) is 31.3 Å². The van der Waals surface area contributed by atoms with E-state index in [9.17, 15) is 9.59 Å². The number of amides is 2. The summed E-state index contributed by atoms with van der Waals surface area (Å²) in [5, 5.41) is 5.20. The average molecular weight is 391 g/mol. The maximum Gasteiger partial charge on any atom is 0.254 e. The van der Waals surface area contributed by atoms with Gasteiger partial charge in [-0.15, -0.1) is 0 Å². The van der Waals surface area contributed by atoms with Crippen LogP contribution in [0.25, 0.3) is 10.8 Å². The van der Waals surface area contributed by atoms with Gasteiger partial charge in [-0.1, -0.05) is 48.0 Å². The minimum Gasteiger partial charge on any atom is -0.356 e. The van der Waals surface area contributed by atoms with Gasteiger partial charge in [0.1, 0.15) is 0 Å². The van der Waals surface area contributed by atoms with E-state index in [0.29, 0.717) is 13.1 Å². The average Bonchev–Trinajstić information content (AvgIpc) is 2.79. The Morgan fingerprint density at radius 3 is 2.59 bits per heavy atom. The van der Waals surface area contributed by atoms with Gasteiger partial charge in [-0.25, -0.2) is 0 Å². The second-order valence-electron chi connectivity index (χ2n) is 8.24. The van der Waals surface area contributed by atoms with Crippen molar-refractivity contribution in [2.45, 2.75) is 44.9 Å². The Morgan fingerprint density at radius 1 is 1.00 bits per heavy atom. The first-order valence-electron chi connectivity index (χ1n) is 10.9. The molecule has 1 aliphatic heterocycles. The predicted octanol–water partition coefficient (Wildman–Crippen LogP) is 4.70. The number of benzene rings is 2. The summed E-state index contributed by atoms with van der Waals surface area (Å²) in [7, 11) is 0. The third-order valence-electron chi connectivity index (χ3n) is 6.30. The van der Waals surface area contributed by atoms with Gasteiger partial charge in [-0.05, 0) is 61.8 Å². The lowest BCUT2D eigenvalue weighted by Crippen LogP contribution is -2.43. The Morgan fingerprint density at radius 2 is 1.79 bits per heavy atom. The van der Waals surface area contributed by atoms with E-state index >= 15 is 0 Å². The van der Waals surface area contributed by atoms with Gasteiger partial charge in [0.05, 0.1) is 0 Å². The number of hydrogen-bond donors (Lipinski definition) is 1. The highest BCUT2D eigenvalue weighted by Gasteiger charge is 2.28. The van der Waals surface area contributed by atoms with Gasteiger partial charge in [-0.2, -0.15) is 0 Å². The van der Waals surface area contributed by atoms with E-state index in [1.54, 1.807) is 0 Å². The molecule has 1 heterocycles. The van der Waals surface area contributed by atoms with E-state index in [-0.39, 0.29) is 17.7 Å². The van der Waals surface area contributed by atoms with Gasteiger partial charge in [0.25, 0.3) is 5.91 Å². The van der Waals surface area contributed by atoms with Crippen molar-refractivity contribution < 1.29 is 9.59 Å². The smallest absolute Gasteiger partial charge is 0.254 e. The summed E-state index contributed by atoms with van der Waals surface area (Å²) in [6, 6.07) is 13.9. The normalized spacial score (nSPS) is 17.8. The first-order chi connectivity index (χ1) is 14.2. The Hall–Kier alpha value is -2.62. The van der Waals surface area contributed by atoms with Crippen LogP contribution >= 0.6 is 0 Å². The number of fused-ring (bicyclic) bond motifs is 1. The van der Waals surface area contributed by atoms with Crippen molar-refractivity contribution in [3.05, 3.63) is 59.7 Å². The van der Waals surface area contributed by atoms with Gasteiger partial charge in [-0.3, -0.25) is 9.59 Å². The molecule has 1 saturated heterocycles. The highest BCUT2D eigenvalue weighted by atomic mass is 16.2. The zero-order valence-corrected chi connectivity index (χ0v) is 17.0. The van der Waals surface area contributed by atoms with Gasteiger partial charge in [0, 0.05) is 31.1 Å². The highest BCUT2D eigenvalue weighted by Crippen LogP contribution is 2.24. The maximum atomic E-state index is 13.1. The van der Waals surface area contributed by atoms with Crippen molar-refractivity contribution in [2.75, 3.05) is 19.6 Å². The summed E-state index contributed by atoms with van der Waals surface area (Å²) >= 11 is 0. The molecule has 0 radical (unpaired) electrons. The molecule has 1 N–H and O–H groups in total. The molecule has 2 amide bonds. The molecule has 0 bridgehead atoms. The molecule has 0 saturated carbocycles. The van der Waals surface area contributed by atoms with Crippen LogP contribution in [-0.4, -0.2) is 36.3 Å². The summed E-state index contributed by atoms with van der Waals surface area (Å²) in [5.41, 5.74) is 2.25. The SMILES string of the molecule is O=C(NCCC1=CCCCC1)C1CCN(C(=O)c2cccc3ccccc23)CC1. The molecule has 2 aromatic carbocycles. The van der Waals surface area contributed by atoms with Crippen LogP contribution in [0.3, 0.4) is 0 Å². The molecule has 1 aliphatic carbocycles. The van der Waals surface area contributed by atoms with Crippen LogP contribution in [0.1, 0.15) is 55.3 Å². The number of nitrogens with one attached hydrogen (secondary N) is 1. The first-order valence-corrected chi connectivity index (χ1v) is 10.9. The van der Waals surface area contributed by atoms with Crippen LogP contribution < -0.4 is 5.32 Å². The summed E-state index contributed by atoms with van der Waals surface area (Å²) in [6.45, 7) is 2.02. The minimum atomic E-state index is 0.0203. The monoisotopic (exact) mass is 390 g/mol. The van der Waals surface area contributed by atoms with Crippen LogP contribution in [0.5, 0.6) is 0 Å². The molecule has 0 atom stereocenters. The van der Waals surface area contributed by atoms with Crippen LogP contribution in [0.15, 0.2) is 54.1 Å². The number of carbonyl (C=O) groups is 2. The van der Waals surface area contributed by atoms with E-state index in [2.05, 4.69) is 11.4 Å². The first kappa shape index (κ1) is 19.7. The fourth-order valence-electron chi connectivity index (χ4n) is 4.55. The van der Waals surface area contributed by atoms with Crippen molar-refractivity contribution in [2.24, 2.45) is 5.92 Å². The number of hydrogen-bond acceptors (Lipinski definition) is 2. The number of piperidine rings is 1. The van der Waals surface area contributed by atoms with E-state index in [0.717, 1.165) is 42.1 Å². The molecule has 0 unspecified atom stereocenters. The largest absolute Gasteiger partial charge is 0.356 e. The number of rotatable bonds is 5. The van der Waals surface area contributed by atoms with Crippen molar-refractivity contribution in [1.29, 1.82) is 0 Å². The topological polar surface area (TPSA) is 49.4 Å². The second-order valence-corrected chi connectivity index (χ2v) is 8.24. The van der Waals surface area contributed by atoms with Crippen LogP contribution in [-0.2, 0) is 4.79 Å². The zero-order chi connectivity index (χ0) is 20.1. The Kier molecular flexibility index (Phi) is 6.28. The number of likely N-dealkylation sites (tertiary alicyclic amines) is 1. The molecular weight excluding hydrogens is 360 g/mol. The standard InChI is InChI=1S/C25H30N2O2/c28-24(26-16-13-19-7-2-1-3-8-19)21-14-17-27(18-15-21)25(29)23-12-6-10-20-9-4-5-11-22(20)23/h4-7,9-12,21H,1-3,8,13-18H2,(H,26,28). The van der Waals surface area contributed by atoms with Crippen molar-refractivity contribution in [3.63, 3.8) is 0 Å². The lowest BCUT2D eigenvalue weighted by Gasteiger charge is -2.31. The van der Waals surface area contributed by atoms with Gasteiger partial charge in [0.15, 0.2) is 0 Å². The van der Waals surface area contributed by atoms with E-state index in [1.807, 2.05) is 47.4 Å². The highest BCUT2D eigenvalue weighted by molar-refractivity contribution is 6.07. The molecule has 4 nitrogen and oxygen atoms in total. The van der Waals surface area contributed by atoms with Gasteiger partial charge < -0.3 is 10.2 Å². The molecule has 0 spiro atoms. The van der Waals surface area contributed by atoms with Crippen molar-refractivity contribution >= 4 is 22.6 Å². The second kappa shape index (κ2) is 9.25. The third-order valence-corrected chi connectivity index (χ3v) is 6.30. The lowest BCUT2D eigenvalue weighted by molar-refractivity contribution is -0.126. The molecular formula is C25H30N2O2. The zero-order valence-electron chi connectivity index (χ0n) is 17.0. The molecule has 4 heteroatoms. The number of carbonyl (C=O) groups excluding carboxylic acids is 2. The fraction of sp³-hybridized carbons (Fsp3) is 0.440. The number of allylic oxidation sites excluding steroid dienone is 1. The predicted molar refractivity (Wildman–Crippen MR) is 117 cm³/mol. The van der Waals surface area contributed by atoms with Crippen LogP contribution in [0, 0.1) is 5.92 Å². The molecule has 29 heavy (non-hydrogen) atoms. The summed E-state index contributed by atoms with van der Waals surface area (Å²) in [4.78, 5) is 27.5. The summed E-state index contributed by atoms with van der Waals surface area (Å²) in [6.07, 6.45) is 9.75. The van der Waals surface area contributed by atoms with Gasteiger partial charge in [0.2, 0.25) is 5.91 Å². The Balaban J connectivity index is 1.29. The van der Waals surface area contributed by atoms with Crippen molar-refractivity contribution in [1.82, 2.24) is 10.2 Å². The molecule has 2 aromatic rings. The summed E-state index contributed by atoms with van der Waals surface area (Å²) < 4.78 is 0. The Bertz CT molecular complexity index is 905. The van der Waals surface area contributed by atoms with Crippen molar-refractivity contribution in [3.8, 4) is 0 Å². The molecule has 2 aliphatic rings. The minimum absolute atomic E-state index is 0.0203. The van der Waals surface area contributed by atoms with Gasteiger partial charge >= 0.3 is 0 Å². The molecule has 0 aromatic heterocycles. The number of nitrogens with zero attached hydrogens (tertiary/aromatic N) is 1. The van der Waals surface area contributed by atoms with E-state index < -0.39 is 0 Å². The third kappa shape index (κ3) is 4.69. The molecule has 4 rings (SSSR count). The Labute approximate surface area is 173 Å².